The Hall–Kier alpha value is -3.81. The molecule has 0 saturated heterocycles. The van der Waals surface area contributed by atoms with E-state index in [0.29, 0.717) is 17.7 Å². The minimum atomic E-state index is -0.654. The van der Waals surface area contributed by atoms with E-state index in [1.54, 1.807) is 32.0 Å². The van der Waals surface area contributed by atoms with Crippen LogP contribution >= 0.6 is 0 Å². The fraction of sp³-hybridized carbons (Fsp3) is 0.208. The maximum Gasteiger partial charge on any atom is 0.260 e. The maximum absolute atomic E-state index is 14.4. The van der Waals surface area contributed by atoms with Crippen LogP contribution in [-0.2, 0) is 13.1 Å². The van der Waals surface area contributed by atoms with Crippen molar-refractivity contribution >= 4 is 11.8 Å². The summed E-state index contributed by atoms with van der Waals surface area (Å²) in [5.41, 5.74) is 2.18. The molecular formula is C24H21F2N3O3. The number of halogens is 2. The van der Waals surface area contributed by atoms with E-state index >= 15 is 0 Å². The van der Waals surface area contributed by atoms with Gasteiger partial charge in [-0.3, -0.25) is 9.59 Å². The average Bonchev–Trinajstić information content (AvgIpc) is 3.06. The van der Waals surface area contributed by atoms with Crippen LogP contribution in [0.15, 0.2) is 48.7 Å². The molecule has 0 bridgehead atoms. The van der Waals surface area contributed by atoms with Crippen molar-refractivity contribution in [1.82, 2.24) is 15.2 Å². The molecule has 164 valence electrons. The number of hydrogen-bond donors (Lipinski definition) is 1. The highest BCUT2D eigenvalue weighted by atomic mass is 19.1. The van der Waals surface area contributed by atoms with Crippen molar-refractivity contribution in [2.75, 3.05) is 6.54 Å². The van der Waals surface area contributed by atoms with Gasteiger partial charge in [0.05, 0.1) is 5.56 Å². The lowest BCUT2D eigenvalue weighted by molar-refractivity contribution is 0.0763. The molecule has 0 atom stereocenters. The van der Waals surface area contributed by atoms with Gasteiger partial charge in [0.15, 0.2) is 11.6 Å². The van der Waals surface area contributed by atoms with Gasteiger partial charge in [0.25, 0.3) is 11.8 Å². The van der Waals surface area contributed by atoms with Gasteiger partial charge >= 0.3 is 0 Å². The first-order chi connectivity index (χ1) is 15.4. The summed E-state index contributed by atoms with van der Waals surface area (Å²) < 4.78 is 34.2. The number of aryl methyl sites for hydroxylation is 1. The second kappa shape index (κ2) is 8.74. The summed E-state index contributed by atoms with van der Waals surface area (Å²) in [5, 5.41) is 2.56. The topological polar surface area (TPSA) is 71.5 Å². The van der Waals surface area contributed by atoms with Gasteiger partial charge in [0, 0.05) is 25.8 Å². The quantitative estimate of drug-likeness (QED) is 0.622. The fourth-order valence-electron chi connectivity index (χ4n) is 3.59. The number of benzene rings is 2. The van der Waals surface area contributed by atoms with Crippen molar-refractivity contribution < 1.29 is 23.1 Å². The Kier molecular flexibility index (Phi) is 5.85. The minimum Gasteiger partial charge on any atom is -0.435 e. The highest BCUT2D eigenvalue weighted by Crippen LogP contribution is 2.33. The van der Waals surface area contributed by atoms with Gasteiger partial charge in [-0.15, -0.1) is 0 Å². The smallest absolute Gasteiger partial charge is 0.260 e. The van der Waals surface area contributed by atoms with Crippen molar-refractivity contribution in [3.8, 4) is 11.6 Å². The predicted octanol–water partition coefficient (Wildman–Crippen LogP) is 4.37. The normalized spacial score (nSPS) is 12.6. The van der Waals surface area contributed by atoms with Crippen molar-refractivity contribution in [3.05, 3.63) is 88.1 Å². The highest BCUT2D eigenvalue weighted by molar-refractivity contribution is 6.00. The lowest BCUT2D eigenvalue weighted by atomic mass is 10.1. The molecule has 2 heterocycles. The number of amides is 2. The third kappa shape index (κ3) is 4.16. The first-order valence-electron chi connectivity index (χ1n) is 10.1. The highest BCUT2D eigenvalue weighted by Gasteiger charge is 2.32. The Morgan fingerprint density at radius 2 is 1.97 bits per heavy atom. The molecule has 0 unspecified atom stereocenters. The van der Waals surface area contributed by atoms with Crippen LogP contribution < -0.4 is 10.1 Å². The zero-order valence-electron chi connectivity index (χ0n) is 17.6. The number of nitrogens with zero attached hydrogens (tertiary/aromatic N) is 2. The molecule has 1 aliphatic heterocycles. The molecule has 0 saturated carbocycles. The molecule has 0 fully saturated rings. The number of ether oxygens (including phenoxy) is 1. The molecule has 1 N–H and O–H groups in total. The molecule has 2 aromatic carbocycles. The molecule has 1 aliphatic rings. The second-order valence-corrected chi connectivity index (χ2v) is 7.52. The number of pyridine rings is 1. The fourth-order valence-corrected chi connectivity index (χ4v) is 3.59. The molecular weight excluding hydrogens is 416 g/mol. The van der Waals surface area contributed by atoms with E-state index < -0.39 is 17.5 Å². The van der Waals surface area contributed by atoms with Crippen molar-refractivity contribution in [1.29, 1.82) is 0 Å². The second-order valence-electron chi connectivity index (χ2n) is 7.52. The van der Waals surface area contributed by atoms with Crippen molar-refractivity contribution in [2.45, 2.75) is 26.9 Å². The monoisotopic (exact) mass is 437 g/mol. The largest absolute Gasteiger partial charge is 0.435 e. The van der Waals surface area contributed by atoms with Crippen LogP contribution in [-0.4, -0.2) is 28.2 Å². The summed E-state index contributed by atoms with van der Waals surface area (Å²) in [6, 6.07) is 10.5. The van der Waals surface area contributed by atoms with Crippen LogP contribution in [0.3, 0.4) is 0 Å². The maximum atomic E-state index is 14.4. The van der Waals surface area contributed by atoms with Gasteiger partial charge in [0.2, 0.25) is 5.88 Å². The molecule has 2 amide bonds. The van der Waals surface area contributed by atoms with Crippen LogP contribution in [0.2, 0.25) is 0 Å². The molecule has 0 radical (unpaired) electrons. The van der Waals surface area contributed by atoms with Gasteiger partial charge < -0.3 is 15.0 Å². The summed E-state index contributed by atoms with van der Waals surface area (Å²) in [6.45, 7) is 4.33. The van der Waals surface area contributed by atoms with Crippen LogP contribution in [0.4, 0.5) is 8.78 Å². The zero-order valence-corrected chi connectivity index (χ0v) is 17.6. The van der Waals surface area contributed by atoms with Gasteiger partial charge in [-0.1, -0.05) is 12.1 Å². The van der Waals surface area contributed by atoms with Gasteiger partial charge in [-0.05, 0) is 60.9 Å². The molecule has 0 spiro atoms. The minimum absolute atomic E-state index is 0.0224. The van der Waals surface area contributed by atoms with E-state index in [2.05, 4.69) is 10.3 Å². The molecule has 1 aromatic heterocycles. The van der Waals surface area contributed by atoms with Gasteiger partial charge in [-0.2, -0.15) is 0 Å². The average molecular weight is 437 g/mol. The summed E-state index contributed by atoms with van der Waals surface area (Å²) >= 11 is 0. The Bertz CT molecular complexity index is 1210. The number of fused-ring (bicyclic) bond motifs is 1. The van der Waals surface area contributed by atoms with E-state index in [4.69, 9.17) is 4.74 Å². The molecule has 6 nitrogen and oxygen atoms in total. The first kappa shape index (κ1) is 21.4. The Balaban J connectivity index is 1.54. The predicted molar refractivity (Wildman–Crippen MR) is 113 cm³/mol. The van der Waals surface area contributed by atoms with Crippen LogP contribution in [0.5, 0.6) is 11.6 Å². The third-order valence-corrected chi connectivity index (χ3v) is 5.15. The molecule has 0 aliphatic carbocycles. The Labute approximate surface area is 183 Å². The number of hydrogen-bond acceptors (Lipinski definition) is 4. The van der Waals surface area contributed by atoms with Gasteiger partial charge in [-0.25, -0.2) is 13.8 Å². The van der Waals surface area contributed by atoms with Crippen molar-refractivity contribution in [3.63, 3.8) is 0 Å². The number of carbonyl (C=O) groups excluding carboxylic acids is 2. The molecule has 4 rings (SSSR count). The van der Waals surface area contributed by atoms with E-state index in [0.717, 1.165) is 5.56 Å². The SMILES string of the molecule is CCNC(=O)c1ccc(CN2Cc3ccnc(Oc4ccc(C)cc4F)c3C2=O)cc1F. The number of aromatic nitrogens is 1. The van der Waals surface area contributed by atoms with Crippen LogP contribution in [0.25, 0.3) is 0 Å². The Morgan fingerprint density at radius 3 is 2.69 bits per heavy atom. The standard InChI is InChI=1S/C24H21F2N3O3/c1-3-27-22(30)17-6-5-15(11-18(17)25)12-29-13-16-8-9-28-23(21(16)24(29)31)32-20-7-4-14(2)10-19(20)26/h4-11H,3,12-13H2,1-2H3,(H,27,30). The summed E-state index contributed by atoms with van der Waals surface area (Å²) in [6.07, 6.45) is 1.50. The van der Waals surface area contributed by atoms with E-state index in [-0.39, 0.29) is 41.8 Å². The van der Waals surface area contributed by atoms with Crippen molar-refractivity contribution in [2.24, 2.45) is 0 Å². The van der Waals surface area contributed by atoms with E-state index in [9.17, 15) is 18.4 Å². The molecule has 32 heavy (non-hydrogen) atoms. The third-order valence-electron chi connectivity index (χ3n) is 5.15. The van der Waals surface area contributed by atoms with Gasteiger partial charge in [0.1, 0.15) is 11.4 Å². The summed E-state index contributed by atoms with van der Waals surface area (Å²) in [7, 11) is 0. The number of rotatable bonds is 6. The van der Waals surface area contributed by atoms with Crippen LogP contribution in [0.1, 0.15) is 44.3 Å². The summed E-state index contributed by atoms with van der Waals surface area (Å²) in [5.74, 6) is -2.03. The molecule has 3 aromatic rings. The van der Waals surface area contributed by atoms with Crippen LogP contribution in [0, 0.1) is 18.6 Å². The summed E-state index contributed by atoms with van der Waals surface area (Å²) in [4.78, 5) is 30.6. The Morgan fingerprint density at radius 1 is 1.16 bits per heavy atom. The lowest BCUT2D eigenvalue weighted by Crippen LogP contribution is -2.25. The van der Waals surface area contributed by atoms with E-state index in [1.807, 2.05) is 0 Å². The zero-order chi connectivity index (χ0) is 22.8. The number of carbonyl (C=O) groups is 2. The lowest BCUT2D eigenvalue weighted by Gasteiger charge is -2.16. The number of nitrogens with one attached hydrogen (secondary N) is 1. The first-order valence-corrected chi connectivity index (χ1v) is 10.1. The van der Waals surface area contributed by atoms with E-state index in [1.165, 1.54) is 35.4 Å². The molecule has 8 heteroatoms.